The van der Waals surface area contributed by atoms with Crippen molar-refractivity contribution in [1.82, 2.24) is 5.32 Å². The highest BCUT2D eigenvalue weighted by atomic mass is 79.9. The van der Waals surface area contributed by atoms with Gasteiger partial charge in [-0.1, -0.05) is 13.8 Å². The Bertz CT molecular complexity index is 392. The van der Waals surface area contributed by atoms with Crippen LogP contribution in [0.2, 0.25) is 0 Å². The molecule has 0 bridgehead atoms. The number of nitrogens with one attached hydrogen (secondary N) is 1. The van der Waals surface area contributed by atoms with Gasteiger partial charge < -0.3 is 10.4 Å². The fourth-order valence-electron chi connectivity index (χ4n) is 1.71. The van der Waals surface area contributed by atoms with E-state index in [1.807, 2.05) is 32.9 Å². The Labute approximate surface area is 121 Å². The number of amides is 1. The molecule has 2 N–H and O–H groups in total. The molecule has 3 nitrogen and oxygen atoms in total. The van der Waals surface area contributed by atoms with Gasteiger partial charge in [0.1, 0.15) is 0 Å². The van der Waals surface area contributed by atoms with Crippen molar-refractivity contribution in [3.8, 4) is 0 Å². The number of halogens is 1. The lowest BCUT2D eigenvalue weighted by atomic mass is 10.00. The van der Waals surface area contributed by atoms with E-state index in [0.29, 0.717) is 12.3 Å². The van der Waals surface area contributed by atoms with E-state index >= 15 is 0 Å². The fraction of sp³-hybridized carbons (Fsp3) is 0.615. The first kappa shape index (κ1) is 15.7. The van der Waals surface area contributed by atoms with Crippen LogP contribution in [-0.2, 0) is 4.79 Å². The maximum atomic E-state index is 12.1. The summed E-state index contributed by atoms with van der Waals surface area (Å²) in [6.45, 7) is 6.10. The molecular weight excluding hydrogens is 314 g/mol. The first-order chi connectivity index (χ1) is 8.45. The average molecular weight is 334 g/mol. The van der Waals surface area contributed by atoms with Crippen molar-refractivity contribution in [2.24, 2.45) is 5.92 Å². The van der Waals surface area contributed by atoms with Gasteiger partial charge in [0, 0.05) is 17.5 Å². The molecule has 18 heavy (non-hydrogen) atoms. The zero-order chi connectivity index (χ0) is 13.7. The smallest absolute Gasteiger partial charge is 0.228 e. The molecule has 5 heteroatoms. The van der Waals surface area contributed by atoms with Gasteiger partial charge in [-0.2, -0.15) is 0 Å². The number of hydrogen-bond acceptors (Lipinski definition) is 3. The van der Waals surface area contributed by atoms with E-state index < -0.39 is 0 Å². The van der Waals surface area contributed by atoms with Crippen LogP contribution in [-0.4, -0.2) is 23.7 Å². The van der Waals surface area contributed by atoms with Crippen LogP contribution < -0.4 is 5.32 Å². The SMILES string of the molecule is CC(C(=O)NC(CCO)C(C)C)c1ccc(Br)s1. The molecule has 102 valence electrons. The number of aliphatic hydroxyl groups is 1. The molecular formula is C13H20BrNO2S. The van der Waals surface area contributed by atoms with Gasteiger partial charge in [-0.3, -0.25) is 4.79 Å². The summed E-state index contributed by atoms with van der Waals surface area (Å²) < 4.78 is 1.04. The van der Waals surface area contributed by atoms with Crippen LogP contribution in [0.3, 0.4) is 0 Å². The zero-order valence-corrected chi connectivity index (χ0v) is 13.3. The van der Waals surface area contributed by atoms with Crippen molar-refractivity contribution in [3.05, 3.63) is 20.8 Å². The Morgan fingerprint density at radius 2 is 2.11 bits per heavy atom. The summed E-state index contributed by atoms with van der Waals surface area (Å²) in [5.74, 6) is 0.195. The summed E-state index contributed by atoms with van der Waals surface area (Å²) in [7, 11) is 0. The van der Waals surface area contributed by atoms with Gasteiger partial charge in [-0.15, -0.1) is 11.3 Å². The average Bonchev–Trinajstić information content (AvgIpc) is 2.74. The molecule has 0 radical (unpaired) electrons. The second-order valence-corrected chi connectivity index (χ2v) is 7.23. The van der Waals surface area contributed by atoms with E-state index in [0.717, 1.165) is 8.66 Å². The van der Waals surface area contributed by atoms with Gasteiger partial charge >= 0.3 is 0 Å². The van der Waals surface area contributed by atoms with Crippen molar-refractivity contribution in [2.45, 2.75) is 39.2 Å². The van der Waals surface area contributed by atoms with Gasteiger partial charge in [0.25, 0.3) is 0 Å². The Morgan fingerprint density at radius 3 is 2.56 bits per heavy atom. The summed E-state index contributed by atoms with van der Waals surface area (Å²) in [5.41, 5.74) is 0. The van der Waals surface area contributed by atoms with Crippen LogP contribution in [0.1, 0.15) is 38.0 Å². The van der Waals surface area contributed by atoms with Crippen LogP contribution in [0.4, 0.5) is 0 Å². The number of aliphatic hydroxyl groups excluding tert-OH is 1. The Hall–Kier alpha value is -0.390. The predicted octanol–water partition coefficient (Wildman–Crippen LogP) is 3.14. The lowest BCUT2D eigenvalue weighted by molar-refractivity contribution is -0.123. The number of thiophene rings is 1. The number of carbonyl (C=O) groups excluding carboxylic acids is 1. The first-order valence-electron chi connectivity index (χ1n) is 6.12. The quantitative estimate of drug-likeness (QED) is 0.840. The van der Waals surface area contributed by atoms with E-state index in [1.54, 1.807) is 11.3 Å². The molecule has 0 saturated carbocycles. The van der Waals surface area contributed by atoms with Crippen molar-refractivity contribution in [2.75, 3.05) is 6.61 Å². The molecule has 0 aromatic carbocycles. The Morgan fingerprint density at radius 1 is 1.44 bits per heavy atom. The molecule has 1 amide bonds. The number of hydrogen-bond donors (Lipinski definition) is 2. The normalized spacial score (nSPS) is 14.6. The molecule has 1 heterocycles. The zero-order valence-electron chi connectivity index (χ0n) is 10.9. The summed E-state index contributed by atoms with van der Waals surface area (Å²) in [4.78, 5) is 13.2. The molecule has 2 atom stereocenters. The van der Waals surface area contributed by atoms with Crippen LogP contribution in [0.15, 0.2) is 15.9 Å². The van der Waals surface area contributed by atoms with Crippen LogP contribution in [0.5, 0.6) is 0 Å². The summed E-state index contributed by atoms with van der Waals surface area (Å²) >= 11 is 4.98. The van der Waals surface area contributed by atoms with E-state index in [1.165, 1.54) is 0 Å². The minimum Gasteiger partial charge on any atom is -0.396 e. The van der Waals surface area contributed by atoms with E-state index in [9.17, 15) is 4.79 Å². The minimum atomic E-state index is -0.152. The van der Waals surface area contributed by atoms with Gasteiger partial charge in [0.2, 0.25) is 5.91 Å². The summed E-state index contributed by atoms with van der Waals surface area (Å²) in [6, 6.07) is 3.96. The van der Waals surface area contributed by atoms with Crippen molar-refractivity contribution >= 4 is 33.2 Å². The highest BCUT2D eigenvalue weighted by Gasteiger charge is 2.21. The van der Waals surface area contributed by atoms with Crippen molar-refractivity contribution < 1.29 is 9.90 Å². The number of carbonyl (C=O) groups is 1. The second-order valence-electron chi connectivity index (χ2n) is 4.73. The Balaban J connectivity index is 2.63. The van der Waals surface area contributed by atoms with Crippen LogP contribution in [0, 0.1) is 5.92 Å². The van der Waals surface area contributed by atoms with Crippen LogP contribution >= 0.6 is 27.3 Å². The number of rotatable bonds is 6. The molecule has 1 aromatic heterocycles. The van der Waals surface area contributed by atoms with Crippen molar-refractivity contribution in [1.29, 1.82) is 0 Å². The molecule has 1 rings (SSSR count). The van der Waals surface area contributed by atoms with E-state index in [2.05, 4.69) is 21.2 Å². The fourth-order valence-corrected chi connectivity index (χ4v) is 3.18. The van der Waals surface area contributed by atoms with Gasteiger partial charge in [-0.25, -0.2) is 0 Å². The Kier molecular flexibility index (Phi) is 6.32. The minimum absolute atomic E-state index is 0.0245. The third kappa shape index (κ3) is 4.37. The molecule has 2 unspecified atom stereocenters. The third-order valence-electron chi connectivity index (χ3n) is 2.99. The standard InChI is InChI=1S/C13H20BrNO2S/c1-8(2)10(6-7-16)15-13(17)9(3)11-4-5-12(14)18-11/h4-5,8-10,16H,6-7H2,1-3H3,(H,15,17). The monoisotopic (exact) mass is 333 g/mol. The molecule has 1 aromatic rings. The lowest BCUT2D eigenvalue weighted by Crippen LogP contribution is -2.41. The highest BCUT2D eigenvalue weighted by molar-refractivity contribution is 9.11. The first-order valence-corrected chi connectivity index (χ1v) is 7.73. The third-order valence-corrected chi connectivity index (χ3v) is 4.79. The van der Waals surface area contributed by atoms with Gasteiger partial charge in [0.15, 0.2) is 0 Å². The second kappa shape index (κ2) is 7.26. The highest BCUT2D eigenvalue weighted by Crippen LogP contribution is 2.28. The summed E-state index contributed by atoms with van der Waals surface area (Å²) in [6.07, 6.45) is 0.601. The molecule has 0 spiro atoms. The largest absolute Gasteiger partial charge is 0.396 e. The molecule has 0 aliphatic carbocycles. The van der Waals surface area contributed by atoms with E-state index in [4.69, 9.17) is 5.11 Å². The molecule has 0 fully saturated rings. The maximum absolute atomic E-state index is 12.1. The summed E-state index contributed by atoms with van der Waals surface area (Å²) in [5, 5.41) is 12.0. The predicted molar refractivity (Wildman–Crippen MR) is 78.9 cm³/mol. The van der Waals surface area contributed by atoms with Crippen molar-refractivity contribution in [3.63, 3.8) is 0 Å². The van der Waals surface area contributed by atoms with Crippen LogP contribution in [0.25, 0.3) is 0 Å². The topological polar surface area (TPSA) is 49.3 Å². The molecule has 0 saturated heterocycles. The van der Waals surface area contributed by atoms with Gasteiger partial charge in [0.05, 0.1) is 9.70 Å². The maximum Gasteiger partial charge on any atom is 0.228 e. The molecule has 0 aliphatic rings. The molecule has 0 aliphatic heterocycles. The lowest BCUT2D eigenvalue weighted by Gasteiger charge is -2.23. The van der Waals surface area contributed by atoms with E-state index in [-0.39, 0.29) is 24.5 Å². The van der Waals surface area contributed by atoms with Gasteiger partial charge in [-0.05, 0) is 47.3 Å².